The van der Waals surface area contributed by atoms with E-state index in [0.717, 1.165) is 15.8 Å². The number of ether oxygens (including phenoxy) is 1. The number of rotatable bonds is 1. The van der Waals surface area contributed by atoms with Crippen molar-refractivity contribution < 1.29 is 9.84 Å². The molecule has 1 aliphatic rings. The minimum absolute atomic E-state index is 0.0898. The van der Waals surface area contributed by atoms with E-state index < -0.39 is 6.10 Å². The molecule has 0 bridgehead atoms. The summed E-state index contributed by atoms with van der Waals surface area (Å²) < 4.78 is 7.10. The van der Waals surface area contributed by atoms with Gasteiger partial charge < -0.3 is 9.84 Å². The van der Waals surface area contributed by atoms with Gasteiger partial charge >= 0.3 is 0 Å². The lowest BCUT2D eigenvalue weighted by Gasteiger charge is -2.31. The zero-order valence-corrected chi connectivity index (χ0v) is 14.1. The van der Waals surface area contributed by atoms with Gasteiger partial charge in [0, 0.05) is 16.5 Å². The largest absolute Gasteiger partial charge is 0.485 e. The van der Waals surface area contributed by atoms with E-state index in [4.69, 9.17) is 4.74 Å². The number of aliphatic hydroxyl groups is 1. The van der Waals surface area contributed by atoms with Crippen LogP contribution in [-0.2, 0) is 0 Å². The Morgan fingerprint density at radius 3 is 2.48 bits per heavy atom. The van der Waals surface area contributed by atoms with Gasteiger partial charge in [-0.2, -0.15) is 0 Å². The van der Waals surface area contributed by atoms with E-state index in [1.165, 1.54) is 22.3 Å². The first kappa shape index (κ1) is 14.6. The fourth-order valence-electron chi connectivity index (χ4n) is 2.94. The maximum atomic E-state index is 10.4. The molecule has 1 N–H and O–H groups in total. The van der Waals surface area contributed by atoms with Crippen LogP contribution in [0.5, 0.6) is 5.75 Å². The first-order chi connectivity index (χ1) is 9.95. The van der Waals surface area contributed by atoms with Crippen LogP contribution in [0.1, 0.15) is 46.4 Å². The molecule has 2 aromatic carbocycles. The van der Waals surface area contributed by atoms with Crippen LogP contribution in [0.25, 0.3) is 0 Å². The maximum Gasteiger partial charge on any atom is 0.127 e. The third kappa shape index (κ3) is 2.72. The zero-order chi connectivity index (χ0) is 15.1. The molecule has 110 valence electrons. The highest BCUT2D eigenvalue weighted by Gasteiger charge is 2.29. The number of aryl methyl sites for hydroxylation is 3. The highest BCUT2D eigenvalue weighted by atomic mass is 79.9. The fourth-order valence-corrected chi connectivity index (χ4v) is 3.32. The molecule has 0 saturated heterocycles. The van der Waals surface area contributed by atoms with Crippen molar-refractivity contribution in [2.24, 2.45) is 0 Å². The molecule has 3 rings (SSSR count). The van der Waals surface area contributed by atoms with Crippen LogP contribution < -0.4 is 4.74 Å². The second kappa shape index (κ2) is 5.47. The molecule has 2 atom stereocenters. The second-order valence-corrected chi connectivity index (χ2v) is 6.75. The summed E-state index contributed by atoms with van der Waals surface area (Å²) in [6.45, 7) is 6.34. The minimum Gasteiger partial charge on any atom is -0.485 e. The molecule has 1 heterocycles. The van der Waals surface area contributed by atoms with Gasteiger partial charge in [0.25, 0.3) is 0 Å². The Kier molecular flexibility index (Phi) is 3.80. The molecule has 0 saturated carbocycles. The van der Waals surface area contributed by atoms with Crippen molar-refractivity contribution in [2.75, 3.05) is 0 Å². The van der Waals surface area contributed by atoms with Crippen molar-refractivity contribution in [3.63, 3.8) is 0 Å². The standard InChI is InChI=1S/C18H19BrO2/c1-10-6-12(3)14(7-11(10)2)18-9-16(20)15-8-13(19)4-5-17(15)21-18/h4-8,16,18,20H,9H2,1-3H3. The number of benzene rings is 2. The van der Waals surface area contributed by atoms with Crippen molar-refractivity contribution in [2.45, 2.75) is 39.4 Å². The normalized spacial score (nSPS) is 20.8. The first-order valence-electron chi connectivity index (χ1n) is 7.17. The number of halogens is 1. The third-order valence-electron chi connectivity index (χ3n) is 4.27. The van der Waals surface area contributed by atoms with E-state index >= 15 is 0 Å². The predicted molar refractivity (Wildman–Crippen MR) is 87.7 cm³/mol. The van der Waals surface area contributed by atoms with Crippen molar-refractivity contribution in [1.29, 1.82) is 0 Å². The predicted octanol–water partition coefficient (Wildman–Crippen LogP) is 4.93. The Morgan fingerprint density at radius 2 is 1.71 bits per heavy atom. The van der Waals surface area contributed by atoms with Crippen LogP contribution in [0.15, 0.2) is 34.8 Å². The number of hydrogen-bond donors (Lipinski definition) is 1. The lowest BCUT2D eigenvalue weighted by Crippen LogP contribution is -2.20. The summed E-state index contributed by atoms with van der Waals surface area (Å²) >= 11 is 3.44. The quantitative estimate of drug-likeness (QED) is 0.792. The Bertz CT molecular complexity index is 694. The Balaban J connectivity index is 1.99. The molecule has 0 amide bonds. The molecule has 2 unspecified atom stereocenters. The number of aliphatic hydroxyl groups excluding tert-OH is 1. The Morgan fingerprint density at radius 1 is 1.00 bits per heavy atom. The average Bonchev–Trinajstić information content (AvgIpc) is 2.43. The summed E-state index contributed by atoms with van der Waals surface area (Å²) in [5.41, 5.74) is 5.80. The molecule has 0 aromatic heterocycles. The van der Waals surface area contributed by atoms with Crippen LogP contribution in [0.4, 0.5) is 0 Å². The van der Waals surface area contributed by atoms with Gasteiger partial charge in [0.2, 0.25) is 0 Å². The van der Waals surface area contributed by atoms with Crippen molar-refractivity contribution in [1.82, 2.24) is 0 Å². The van der Waals surface area contributed by atoms with Gasteiger partial charge in [0.05, 0.1) is 6.10 Å². The van der Waals surface area contributed by atoms with Crippen LogP contribution >= 0.6 is 15.9 Å². The van der Waals surface area contributed by atoms with Gasteiger partial charge in [-0.15, -0.1) is 0 Å². The Hall–Kier alpha value is -1.32. The lowest BCUT2D eigenvalue weighted by atomic mass is 9.91. The van der Waals surface area contributed by atoms with Crippen LogP contribution in [-0.4, -0.2) is 5.11 Å². The third-order valence-corrected chi connectivity index (χ3v) is 4.76. The topological polar surface area (TPSA) is 29.5 Å². The molecule has 2 nitrogen and oxygen atoms in total. The summed E-state index contributed by atoms with van der Waals surface area (Å²) in [6, 6.07) is 10.2. The number of fused-ring (bicyclic) bond motifs is 1. The SMILES string of the molecule is Cc1cc(C)c(C2CC(O)c3cc(Br)ccc3O2)cc1C. The van der Waals surface area contributed by atoms with Crippen molar-refractivity contribution in [3.8, 4) is 5.75 Å². The molecule has 3 heteroatoms. The van der Waals surface area contributed by atoms with Crippen molar-refractivity contribution in [3.05, 3.63) is 62.6 Å². The second-order valence-electron chi connectivity index (χ2n) is 5.83. The van der Waals surface area contributed by atoms with E-state index in [1.54, 1.807) is 0 Å². The summed E-state index contributed by atoms with van der Waals surface area (Å²) in [7, 11) is 0. The monoisotopic (exact) mass is 346 g/mol. The van der Waals surface area contributed by atoms with E-state index in [2.05, 4.69) is 48.8 Å². The highest BCUT2D eigenvalue weighted by Crippen LogP contribution is 2.42. The molecule has 0 radical (unpaired) electrons. The molecule has 2 aromatic rings. The molecule has 0 spiro atoms. The first-order valence-corrected chi connectivity index (χ1v) is 7.97. The van der Waals surface area contributed by atoms with Crippen molar-refractivity contribution >= 4 is 15.9 Å². The van der Waals surface area contributed by atoms with E-state index in [0.29, 0.717) is 6.42 Å². The molecular weight excluding hydrogens is 328 g/mol. The summed E-state index contributed by atoms with van der Waals surface area (Å²) in [5, 5.41) is 10.4. The van der Waals surface area contributed by atoms with Crippen LogP contribution in [0, 0.1) is 20.8 Å². The van der Waals surface area contributed by atoms with Crippen LogP contribution in [0.2, 0.25) is 0 Å². The summed E-state index contributed by atoms with van der Waals surface area (Å²) in [4.78, 5) is 0. The molecule has 0 fully saturated rings. The molecule has 0 aliphatic carbocycles. The van der Waals surface area contributed by atoms with Gasteiger partial charge in [0.15, 0.2) is 0 Å². The Labute approximate surface area is 133 Å². The van der Waals surface area contributed by atoms with E-state index in [-0.39, 0.29) is 6.10 Å². The van der Waals surface area contributed by atoms with Crippen LogP contribution in [0.3, 0.4) is 0 Å². The molecule has 1 aliphatic heterocycles. The molecular formula is C18H19BrO2. The van der Waals surface area contributed by atoms with Gasteiger partial charge in [-0.1, -0.05) is 28.1 Å². The number of hydrogen-bond acceptors (Lipinski definition) is 2. The summed E-state index contributed by atoms with van der Waals surface area (Å²) in [6.07, 6.45) is 0.0116. The van der Waals surface area contributed by atoms with Gasteiger partial charge in [-0.05, 0) is 61.2 Å². The van der Waals surface area contributed by atoms with E-state index in [1.807, 2.05) is 18.2 Å². The minimum atomic E-state index is -0.489. The van der Waals surface area contributed by atoms with Gasteiger partial charge in [-0.25, -0.2) is 0 Å². The van der Waals surface area contributed by atoms with Gasteiger partial charge in [0.1, 0.15) is 11.9 Å². The lowest BCUT2D eigenvalue weighted by molar-refractivity contribution is 0.0653. The highest BCUT2D eigenvalue weighted by molar-refractivity contribution is 9.10. The maximum absolute atomic E-state index is 10.4. The molecule has 21 heavy (non-hydrogen) atoms. The summed E-state index contributed by atoms with van der Waals surface area (Å²) in [5.74, 6) is 0.777. The smallest absolute Gasteiger partial charge is 0.127 e. The zero-order valence-electron chi connectivity index (χ0n) is 12.5. The fraction of sp³-hybridized carbons (Fsp3) is 0.333. The average molecular weight is 347 g/mol. The van der Waals surface area contributed by atoms with Gasteiger partial charge in [-0.3, -0.25) is 0 Å². The van der Waals surface area contributed by atoms with E-state index in [9.17, 15) is 5.11 Å².